The number of ether oxygens (including phenoxy) is 3. The zero-order valence-corrected chi connectivity index (χ0v) is 13.3. The van der Waals surface area contributed by atoms with Crippen LogP contribution in [0.25, 0.3) is 0 Å². The van der Waals surface area contributed by atoms with Gasteiger partial charge in [-0.1, -0.05) is 19.1 Å². The molecule has 1 heterocycles. The van der Waals surface area contributed by atoms with Crippen LogP contribution in [0.1, 0.15) is 6.92 Å². The van der Waals surface area contributed by atoms with Gasteiger partial charge in [0.05, 0.1) is 26.9 Å². The molecule has 0 amide bonds. The quantitative estimate of drug-likeness (QED) is 0.635. The number of para-hydroxylation sites is 2. The zero-order chi connectivity index (χ0) is 15.8. The number of rotatable bonds is 6. The lowest BCUT2D eigenvalue weighted by Crippen LogP contribution is -2.45. The van der Waals surface area contributed by atoms with Gasteiger partial charge in [-0.15, -0.1) is 0 Å². The summed E-state index contributed by atoms with van der Waals surface area (Å²) in [5.74, 6) is 2.35. The fourth-order valence-electron chi connectivity index (χ4n) is 2.16. The Bertz CT molecular complexity index is 487. The van der Waals surface area contributed by atoms with Crippen LogP contribution in [0.15, 0.2) is 29.3 Å². The maximum absolute atomic E-state index is 6.01. The van der Waals surface area contributed by atoms with Gasteiger partial charge in [0.25, 0.3) is 0 Å². The molecular formula is C16H25N3O3. The van der Waals surface area contributed by atoms with Gasteiger partial charge < -0.3 is 24.8 Å². The van der Waals surface area contributed by atoms with E-state index in [4.69, 9.17) is 19.9 Å². The lowest BCUT2D eigenvalue weighted by molar-refractivity contribution is 0.0673. The molecule has 0 spiro atoms. The highest BCUT2D eigenvalue weighted by atomic mass is 16.5. The summed E-state index contributed by atoms with van der Waals surface area (Å²) < 4.78 is 16.4. The second-order valence-electron chi connectivity index (χ2n) is 5.37. The standard InChI is InChI=1S/C16H25N3O3/c1-13(11-18-16(17)19-7-9-21-10-8-19)12-22-15-6-4-3-5-14(15)20-2/h3-6,13H,7-12H2,1-2H3,(H2,17,18). The molecule has 6 heteroatoms. The molecular weight excluding hydrogens is 282 g/mol. The topological polar surface area (TPSA) is 69.3 Å². The van der Waals surface area contributed by atoms with Gasteiger partial charge >= 0.3 is 0 Å². The van der Waals surface area contributed by atoms with Crippen LogP contribution >= 0.6 is 0 Å². The third-order valence-corrected chi connectivity index (χ3v) is 3.49. The smallest absolute Gasteiger partial charge is 0.191 e. The minimum atomic E-state index is 0.268. The lowest BCUT2D eigenvalue weighted by atomic mass is 10.2. The van der Waals surface area contributed by atoms with Crippen molar-refractivity contribution in [3.63, 3.8) is 0 Å². The Morgan fingerprint density at radius 1 is 1.32 bits per heavy atom. The third-order valence-electron chi connectivity index (χ3n) is 3.49. The first kappa shape index (κ1) is 16.4. The minimum Gasteiger partial charge on any atom is -0.493 e. The molecule has 1 aliphatic rings. The molecule has 1 atom stereocenters. The Kier molecular flexibility index (Phi) is 6.33. The summed E-state index contributed by atoms with van der Waals surface area (Å²) in [6.45, 7) is 6.33. The number of hydrogen-bond acceptors (Lipinski definition) is 4. The number of morpholine rings is 1. The van der Waals surface area contributed by atoms with Gasteiger partial charge in [0.15, 0.2) is 17.5 Å². The van der Waals surface area contributed by atoms with E-state index in [0.717, 1.165) is 24.6 Å². The van der Waals surface area contributed by atoms with E-state index in [0.29, 0.717) is 32.3 Å². The zero-order valence-electron chi connectivity index (χ0n) is 13.3. The summed E-state index contributed by atoms with van der Waals surface area (Å²) >= 11 is 0. The van der Waals surface area contributed by atoms with Gasteiger partial charge in [0.1, 0.15) is 0 Å². The molecule has 122 valence electrons. The number of hydrogen-bond donors (Lipinski definition) is 1. The van der Waals surface area contributed by atoms with Crippen LogP contribution in [0.4, 0.5) is 0 Å². The first-order valence-electron chi connectivity index (χ1n) is 7.59. The maximum atomic E-state index is 6.01. The van der Waals surface area contributed by atoms with E-state index in [1.54, 1.807) is 7.11 Å². The van der Waals surface area contributed by atoms with Crippen LogP contribution in [0.5, 0.6) is 11.5 Å². The summed E-state index contributed by atoms with van der Waals surface area (Å²) in [7, 11) is 1.64. The van der Waals surface area contributed by atoms with Gasteiger partial charge in [0, 0.05) is 25.6 Å². The van der Waals surface area contributed by atoms with Crippen molar-refractivity contribution in [3.05, 3.63) is 24.3 Å². The van der Waals surface area contributed by atoms with Gasteiger partial charge in [-0.05, 0) is 12.1 Å². The molecule has 1 saturated heterocycles. The first-order valence-corrected chi connectivity index (χ1v) is 7.59. The minimum absolute atomic E-state index is 0.268. The number of nitrogens with two attached hydrogens (primary N) is 1. The van der Waals surface area contributed by atoms with Crippen molar-refractivity contribution in [2.24, 2.45) is 16.6 Å². The van der Waals surface area contributed by atoms with Crippen LogP contribution in [-0.4, -0.2) is 57.4 Å². The summed E-state index contributed by atoms with van der Waals surface area (Å²) in [5, 5.41) is 0. The van der Waals surface area contributed by atoms with Crippen molar-refractivity contribution in [1.82, 2.24) is 4.90 Å². The summed E-state index contributed by atoms with van der Waals surface area (Å²) in [5.41, 5.74) is 6.01. The van der Waals surface area contributed by atoms with Gasteiger partial charge in [-0.2, -0.15) is 0 Å². The van der Waals surface area contributed by atoms with Crippen LogP contribution in [-0.2, 0) is 4.74 Å². The number of methoxy groups -OCH3 is 1. The highest BCUT2D eigenvalue weighted by Crippen LogP contribution is 2.26. The van der Waals surface area contributed by atoms with E-state index < -0.39 is 0 Å². The van der Waals surface area contributed by atoms with Crippen molar-refractivity contribution < 1.29 is 14.2 Å². The van der Waals surface area contributed by atoms with Crippen molar-refractivity contribution >= 4 is 5.96 Å². The van der Waals surface area contributed by atoms with Gasteiger partial charge in [0.2, 0.25) is 0 Å². The molecule has 1 unspecified atom stereocenters. The molecule has 0 radical (unpaired) electrons. The molecule has 6 nitrogen and oxygen atoms in total. The van der Waals surface area contributed by atoms with Crippen molar-refractivity contribution in [2.45, 2.75) is 6.92 Å². The van der Waals surface area contributed by atoms with Crippen LogP contribution < -0.4 is 15.2 Å². The third kappa shape index (κ3) is 4.80. The largest absolute Gasteiger partial charge is 0.493 e. The van der Waals surface area contributed by atoms with E-state index in [1.807, 2.05) is 24.3 Å². The van der Waals surface area contributed by atoms with E-state index in [2.05, 4.69) is 16.8 Å². The average Bonchev–Trinajstić information content (AvgIpc) is 2.58. The molecule has 0 saturated carbocycles. The Morgan fingerprint density at radius 3 is 2.68 bits per heavy atom. The number of aliphatic imine (C=N–C) groups is 1. The SMILES string of the molecule is COc1ccccc1OCC(C)CN=C(N)N1CCOCC1. The molecule has 1 aliphatic heterocycles. The highest BCUT2D eigenvalue weighted by Gasteiger charge is 2.13. The normalized spacial score (nSPS) is 17.2. The molecule has 1 aromatic carbocycles. The molecule has 22 heavy (non-hydrogen) atoms. The Balaban J connectivity index is 1.78. The Labute approximate surface area is 131 Å². The lowest BCUT2D eigenvalue weighted by Gasteiger charge is -2.27. The molecule has 2 N–H and O–H groups in total. The monoisotopic (exact) mass is 307 g/mol. The van der Waals surface area contributed by atoms with Crippen LogP contribution in [0.2, 0.25) is 0 Å². The molecule has 0 aliphatic carbocycles. The van der Waals surface area contributed by atoms with Gasteiger partial charge in [-0.25, -0.2) is 0 Å². The molecule has 0 bridgehead atoms. The van der Waals surface area contributed by atoms with Crippen LogP contribution in [0, 0.1) is 5.92 Å². The van der Waals surface area contributed by atoms with E-state index in [-0.39, 0.29) is 5.92 Å². The molecule has 1 fully saturated rings. The van der Waals surface area contributed by atoms with Gasteiger partial charge in [-0.3, -0.25) is 4.99 Å². The van der Waals surface area contributed by atoms with E-state index >= 15 is 0 Å². The second-order valence-corrected chi connectivity index (χ2v) is 5.37. The predicted octanol–water partition coefficient (Wildman–Crippen LogP) is 1.36. The fraction of sp³-hybridized carbons (Fsp3) is 0.562. The molecule has 2 rings (SSSR count). The average molecular weight is 307 g/mol. The Hall–Kier alpha value is -1.95. The van der Waals surface area contributed by atoms with Crippen molar-refractivity contribution in [1.29, 1.82) is 0 Å². The van der Waals surface area contributed by atoms with E-state index in [1.165, 1.54) is 0 Å². The summed E-state index contributed by atoms with van der Waals surface area (Å²) in [4.78, 5) is 6.51. The van der Waals surface area contributed by atoms with Crippen molar-refractivity contribution in [2.75, 3.05) is 46.6 Å². The first-order chi connectivity index (χ1) is 10.7. The fourth-order valence-corrected chi connectivity index (χ4v) is 2.16. The van der Waals surface area contributed by atoms with Crippen molar-refractivity contribution in [3.8, 4) is 11.5 Å². The number of nitrogens with zero attached hydrogens (tertiary/aromatic N) is 2. The van der Waals surface area contributed by atoms with Crippen LogP contribution in [0.3, 0.4) is 0 Å². The predicted molar refractivity (Wildman–Crippen MR) is 86.5 cm³/mol. The molecule has 1 aromatic rings. The maximum Gasteiger partial charge on any atom is 0.191 e. The summed E-state index contributed by atoms with van der Waals surface area (Å²) in [6.07, 6.45) is 0. The summed E-state index contributed by atoms with van der Waals surface area (Å²) in [6, 6.07) is 7.63. The van der Waals surface area contributed by atoms with E-state index in [9.17, 15) is 0 Å². The second kappa shape index (κ2) is 8.48. The Morgan fingerprint density at radius 2 is 2.00 bits per heavy atom. The number of guanidine groups is 1. The molecule has 0 aromatic heterocycles. The number of benzene rings is 1. The highest BCUT2D eigenvalue weighted by molar-refractivity contribution is 5.78.